The Hall–Kier alpha value is -3.32. The molecule has 1 spiro atoms. The van der Waals surface area contributed by atoms with Crippen LogP contribution in [-0.2, 0) is 5.41 Å². The second kappa shape index (κ2) is 7.35. The Morgan fingerprint density at radius 1 is 0.583 bits per heavy atom. The lowest BCUT2D eigenvalue weighted by Crippen LogP contribution is -2.31. The van der Waals surface area contributed by atoms with Crippen molar-refractivity contribution in [2.75, 3.05) is 0 Å². The maximum Gasteiger partial charge on any atom is 0.134 e. The molecule has 1 heteroatoms. The second-order valence-electron chi connectivity index (χ2n) is 11.3. The topological polar surface area (TPSA) is 13.1 Å². The van der Waals surface area contributed by atoms with Gasteiger partial charge in [-0.1, -0.05) is 12.2 Å². The second-order valence-corrected chi connectivity index (χ2v) is 11.3. The summed E-state index contributed by atoms with van der Waals surface area (Å²) in [6.07, 6.45) is 6.66. The zero-order valence-corrected chi connectivity index (χ0v) is 23.4. The van der Waals surface area contributed by atoms with Gasteiger partial charge in [-0.2, -0.15) is 0 Å². The number of furan rings is 1. The molecule has 4 aromatic rings. The lowest BCUT2D eigenvalue weighted by Gasteiger charge is -2.38. The Bertz CT molecular complexity index is 1630. The van der Waals surface area contributed by atoms with E-state index in [1.165, 1.54) is 94.4 Å². The van der Waals surface area contributed by atoms with E-state index >= 15 is 0 Å². The third kappa shape index (κ3) is 2.56. The largest absolute Gasteiger partial charge is 0.464 e. The first-order valence-corrected chi connectivity index (χ1v) is 13.1. The van der Waals surface area contributed by atoms with Gasteiger partial charge >= 0.3 is 0 Å². The fraction of sp³-hybridized carbons (Fsp3) is 0.314. The summed E-state index contributed by atoms with van der Waals surface area (Å²) in [6, 6.07) is 6.73. The molecule has 1 nitrogen and oxygen atoms in total. The molecule has 6 rings (SSSR count). The molecule has 2 aliphatic rings. The molecule has 0 saturated carbocycles. The molecule has 3 aromatic carbocycles. The van der Waals surface area contributed by atoms with Crippen molar-refractivity contribution in [2.45, 2.75) is 74.7 Å². The summed E-state index contributed by atoms with van der Waals surface area (Å²) in [5.41, 5.74) is 23.1. The molecule has 0 radical (unpaired) electrons. The van der Waals surface area contributed by atoms with Crippen molar-refractivity contribution in [3.05, 3.63) is 108 Å². The van der Waals surface area contributed by atoms with E-state index in [-0.39, 0.29) is 5.41 Å². The molecule has 1 aromatic heterocycles. The molecule has 0 bridgehead atoms. The molecule has 0 unspecified atom stereocenters. The average Bonchev–Trinajstić information content (AvgIpc) is 3.45. The molecule has 0 aliphatic heterocycles. The SMILES string of the molecule is CC1=C(C)c2c(C)c(C)c(C)c(C)c2C2(C=Cc3cc4occc4cc32)c2c(C)c(C)c(C)c(C)c21. The van der Waals surface area contributed by atoms with Crippen LogP contribution in [0, 0.1) is 55.4 Å². The van der Waals surface area contributed by atoms with Crippen molar-refractivity contribution in [3.63, 3.8) is 0 Å². The molecule has 0 N–H and O–H groups in total. The summed E-state index contributed by atoms with van der Waals surface area (Å²) >= 11 is 0. The van der Waals surface area contributed by atoms with Crippen molar-refractivity contribution in [1.82, 2.24) is 0 Å². The van der Waals surface area contributed by atoms with Gasteiger partial charge < -0.3 is 4.42 Å². The molecule has 1 heterocycles. The maximum atomic E-state index is 5.83. The van der Waals surface area contributed by atoms with Crippen molar-refractivity contribution in [3.8, 4) is 0 Å². The molecule has 182 valence electrons. The average molecular weight is 473 g/mol. The Kier molecular flexibility index (Phi) is 4.72. The minimum absolute atomic E-state index is 0.356. The van der Waals surface area contributed by atoms with Crippen LogP contribution in [0.1, 0.15) is 91.7 Å². The number of hydrogen-bond acceptors (Lipinski definition) is 1. The highest BCUT2D eigenvalue weighted by molar-refractivity contribution is 5.99. The molecular weight excluding hydrogens is 436 g/mol. The van der Waals surface area contributed by atoms with Crippen LogP contribution in [0.5, 0.6) is 0 Å². The lowest BCUT2D eigenvalue weighted by atomic mass is 9.63. The van der Waals surface area contributed by atoms with Crippen LogP contribution in [0.4, 0.5) is 0 Å². The standard InChI is InChI=1S/C35H36O/c1-17-19(3)25(9)33-31(21(17)5)23(7)24(8)32-22(6)18(2)20(4)26(10)34(32)35(33)13-11-27-16-30-28(12-14-36-30)15-29(27)35/h11-16H,1-10H3. The van der Waals surface area contributed by atoms with Gasteiger partial charge in [0.2, 0.25) is 0 Å². The Balaban J connectivity index is 1.95. The zero-order valence-electron chi connectivity index (χ0n) is 23.4. The van der Waals surface area contributed by atoms with Gasteiger partial charge in [0.05, 0.1) is 11.7 Å². The lowest BCUT2D eigenvalue weighted by molar-refractivity contribution is 0.615. The maximum absolute atomic E-state index is 5.83. The van der Waals surface area contributed by atoms with E-state index in [9.17, 15) is 0 Å². The van der Waals surface area contributed by atoms with Gasteiger partial charge in [-0.05, 0) is 176 Å². The van der Waals surface area contributed by atoms with E-state index in [0.717, 1.165) is 5.58 Å². The first-order valence-electron chi connectivity index (χ1n) is 13.1. The predicted octanol–water partition coefficient (Wildman–Crippen LogP) is 9.53. The Labute approximate surface area is 215 Å². The van der Waals surface area contributed by atoms with E-state index in [4.69, 9.17) is 4.42 Å². The molecule has 2 aliphatic carbocycles. The molecule has 0 amide bonds. The van der Waals surface area contributed by atoms with Gasteiger partial charge in [-0.15, -0.1) is 0 Å². The van der Waals surface area contributed by atoms with Crippen LogP contribution in [0.15, 0.2) is 35.0 Å². The number of benzene rings is 3. The van der Waals surface area contributed by atoms with Crippen LogP contribution >= 0.6 is 0 Å². The van der Waals surface area contributed by atoms with Crippen molar-refractivity contribution >= 4 is 28.2 Å². The summed E-state index contributed by atoms with van der Waals surface area (Å²) in [5, 5.41) is 1.17. The van der Waals surface area contributed by atoms with E-state index in [1.807, 2.05) is 6.26 Å². The van der Waals surface area contributed by atoms with Gasteiger partial charge in [-0.3, -0.25) is 0 Å². The van der Waals surface area contributed by atoms with E-state index in [2.05, 4.69) is 99.6 Å². The number of rotatable bonds is 0. The van der Waals surface area contributed by atoms with Crippen molar-refractivity contribution in [2.24, 2.45) is 0 Å². The van der Waals surface area contributed by atoms with Gasteiger partial charge in [0.15, 0.2) is 0 Å². The fourth-order valence-corrected chi connectivity index (χ4v) is 7.29. The summed E-state index contributed by atoms with van der Waals surface area (Å²) in [7, 11) is 0. The van der Waals surface area contributed by atoms with Crippen LogP contribution in [0.25, 0.3) is 28.2 Å². The molecule has 36 heavy (non-hydrogen) atoms. The predicted molar refractivity (Wildman–Crippen MR) is 154 cm³/mol. The van der Waals surface area contributed by atoms with E-state index in [1.54, 1.807) is 0 Å². The highest BCUT2D eigenvalue weighted by Crippen LogP contribution is 2.58. The molecular formula is C35H36O. The summed E-state index contributed by atoms with van der Waals surface area (Å²) in [4.78, 5) is 0. The van der Waals surface area contributed by atoms with Crippen molar-refractivity contribution in [1.29, 1.82) is 0 Å². The minimum atomic E-state index is -0.356. The zero-order chi connectivity index (χ0) is 25.8. The molecule has 0 fully saturated rings. The first-order chi connectivity index (χ1) is 17.0. The third-order valence-electron chi connectivity index (χ3n) is 10.0. The van der Waals surface area contributed by atoms with E-state index < -0.39 is 0 Å². The number of allylic oxidation sites excluding steroid dienone is 3. The Morgan fingerprint density at radius 3 is 1.61 bits per heavy atom. The smallest absolute Gasteiger partial charge is 0.134 e. The first kappa shape index (κ1) is 23.1. The van der Waals surface area contributed by atoms with Crippen LogP contribution < -0.4 is 0 Å². The van der Waals surface area contributed by atoms with Crippen molar-refractivity contribution < 1.29 is 4.42 Å². The van der Waals surface area contributed by atoms with Gasteiger partial charge in [0.25, 0.3) is 0 Å². The highest BCUT2D eigenvalue weighted by atomic mass is 16.3. The molecule has 0 atom stereocenters. The number of hydrogen-bond donors (Lipinski definition) is 0. The monoisotopic (exact) mass is 472 g/mol. The minimum Gasteiger partial charge on any atom is -0.464 e. The van der Waals surface area contributed by atoms with Crippen LogP contribution in [0.2, 0.25) is 0 Å². The number of fused-ring (bicyclic) bond motifs is 7. The quantitative estimate of drug-likeness (QED) is 0.248. The highest BCUT2D eigenvalue weighted by Gasteiger charge is 2.47. The third-order valence-corrected chi connectivity index (χ3v) is 10.0. The summed E-state index contributed by atoms with van der Waals surface area (Å²) < 4.78 is 5.83. The van der Waals surface area contributed by atoms with Crippen LogP contribution in [0.3, 0.4) is 0 Å². The Morgan fingerprint density at radius 2 is 1.08 bits per heavy atom. The summed E-state index contributed by atoms with van der Waals surface area (Å²) in [6.45, 7) is 23.3. The summed E-state index contributed by atoms with van der Waals surface area (Å²) in [5.74, 6) is 0. The van der Waals surface area contributed by atoms with Gasteiger partial charge in [0, 0.05) is 5.39 Å². The normalized spacial score (nSPS) is 15.5. The van der Waals surface area contributed by atoms with E-state index in [0.29, 0.717) is 0 Å². The van der Waals surface area contributed by atoms with Crippen LogP contribution in [-0.4, -0.2) is 0 Å². The van der Waals surface area contributed by atoms with Gasteiger partial charge in [-0.25, -0.2) is 0 Å². The fourth-order valence-electron chi connectivity index (χ4n) is 7.29. The molecule has 0 saturated heterocycles. The van der Waals surface area contributed by atoms with Gasteiger partial charge in [0.1, 0.15) is 5.58 Å².